The van der Waals surface area contributed by atoms with E-state index in [-0.39, 0.29) is 22.1 Å². The lowest BCUT2D eigenvalue weighted by molar-refractivity contribution is -0.119. The van der Waals surface area contributed by atoms with E-state index < -0.39 is 22.5 Å². The molecule has 0 atom stereocenters. The first-order valence-corrected chi connectivity index (χ1v) is 12.2. The monoisotopic (exact) mass is 497 g/mol. The van der Waals surface area contributed by atoms with E-state index in [1.807, 2.05) is 13.8 Å². The second kappa shape index (κ2) is 10.9. The zero-order valence-corrected chi connectivity index (χ0v) is 20.4. The normalized spacial score (nSPS) is 11.7. The van der Waals surface area contributed by atoms with Crippen LogP contribution in [0.4, 0.5) is 5.69 Å². The van der Waals surface area contributed by atoms with Crippen molar-refractivity contribution in [2.45, 2.75) is 25.7 Å². The van der Waals surface area contributed by atoms with Crippen LogP contribution in [0.2, 0.25) is 0 Å². The molecule has 0 saturated carbocycles. The second-order valence-electron chi connectivity index (χ2n) is 7.69. The number of hydrogen-bond donors (Lipinski definition) is 3. The number of rotatable bonds is 9. The number of nitrogens with zero attached hydrogens (tertiary/aromatic N) is 2. The Hall–Kier alpha value is -4.05. The molecule has 0 fully saturated rings. The molecule has 0 aliphatic heterocycles. The number of ether oxygens (including phenoxy) is 1. The maximum atomic E-state index is 13.5. The summed E-state index contributed by atoms with van der Waals surface area (Å²) in [4.78, 5) is 12.7. The molecule has 0 saturated heterocycles. The van der Waals surface area contributed by atoms with Gasteiger partial charge in [0.25, 0.3) is 15.9 Å². The van der Waals surface area contributed by atoms with Crippen molar-refractivity contribution in [2.75, 3.05) is 17.5 Å². The number of benzene rings is 3. The number of carbonyl (C=O) groups is 1. The lowest BCUT2D eigenvalue weighted by Crippen LogP contribution is -2.39. The van der Waals surface area contributed by atoms with Crippen molar-refractivity contribution in [3.05, 3.63) is 77.9 Å². The number of sulfonamides is 1. The zero-order valence-electron chi connectivity index (χ0n) is 19.6. The number of phenolic OH excluding ortho intramolecular Hbond substituents is 2. The first-order chi connectivity index (χ1) is 16.6. The Bertz CT molecular complexity index is 1320. The summed E-state index contributed by atoms with van der Waals surface area (Å²) in [5, 5.41) is 23.4. The van der Waals surface area contributed by atoms with E-state index in [0.717, 1.165) is 15.9 Å². The minimum Gasteiger partial charge on any atom is -0.508 e. The molecule has 0 heterocycles. The van der Waals surface area contributed by atoms with Crippen LogP contribution in [0.3, 0.4) is 0 Å². The third kappa shape index (κ3) is 6.30. The van der Waals surface area contributed by atoms with Crippen LogP contribution in [0.25, 0.3) is 0 Å². The van der Waals surface area contributed by atoms with E-state index in [2.05, 4.69) is 10.5 Å². The van der Waals surface area contributed by atoms with Gasteiger partial charge in [-0.25, -0.2) is 13.8 Å². The predicted octanol–water partition coefficient (Wildman–Crippen LogP) is 3.54. The van der Waals surface area contributed by atoms with Gasteiger partial charge in [-0.2, -0.15) is 5.10 Å². The van der Waals surface area contributed by atoms with Crippen LogP contribution in [0, 0.1) is 6.92 Å². The molecule has 0 aromatic heterocycles. The van der Waals surface area contributed by atoms with Gasteiger partial charge >= 0.3 is 0 Å². The summed E-state index contributed by atoms with van der Waals surface area (Å²) >= 11 is 0. The Morgan fingerprint density at radius 1 is 1.03 bits per heavy atom. The molecule has 1 amide bonds. The van der Waals surface area contributed by atoms with Gasteiger partial charge in [0.15, 0.2) is 0 Å². The van der Waals surface area contributed by atoms with Gasteiger partial charge < -0.3 is 14.9 Å². The molecule has 3 rings (SSSR count). The molecule has 3 aromatic carbocycles. The minimum atomic E-state index is -4.10. The summed E-state index contributed by atoms with van der Waals surface area (Å²) in [7, 11) is -4.10. The van der Waals surface area contributed by atoms with E-state index in [4.69, 9.17) is 4.74 Å². The van der Waals surface area contributed by atoms with Gasteiger partial charge in [0.2, 0.25) is 0 Å². The summed E-state index contributed by atoms with van der Waals surface area (Å²) < 4.78 is 33.3. The molecule has 0 aliphatic carbocycles. The summed E-state index contributed by atoms with van der Waals surface area (Å²) in [6.07, 6.45) is 0. The molecule has 35 heavy (non-hydrogen) atoms. The molecule has 9 nitrogen and oxygen atoms in total. The van der Waals surface area contributed by atoms with Gasteiger partial charge in [-0.1, -0.05) is 17.7 Å². The lowest BCUT2D eigenvalue weighted by atomic mass is 10.1. The van der Waals surface area contributed by atoms with Gasteiger partial charge in [0, 0.05) is 11.6 Å². The molecule has 184 valence electrons. The number of nitrogens with one attached hydrogen (secondary N) is 1. The third-order valence-corrected chi connectivity index (χ3v) is 6.84. The first-order valence-electron chi connectivity index (χ1n) is 10.8. The summed E-state index contributed by atoms with van der Waals surface area (Å²) in [5.74, 6) is -0.470. The van der Waals surface area contributed by atoms with Crippen molar-refractivity contribution in [1.29, 1.82) is 0 Å². The molecule has 0 radical (unpaired) electrons. The minimum absolute atomic E-state index is 0.00280. The summed E-state index contributed by atoms with van der Waals surface area (Å²) in [5.41, 5.74) is 4.16. The van der Waals surface area contributed by atoms with Gasteiger partial charge in [0.1, 0.15) is 23.8 Å². The number of hydrogen-bond acceptors (Lipinski definition) is 7. The average molecular weight is 498 g/mol. The maximum absolute atomic E-state index is 13.5. The smallest absolute Gasteiger partial charge is 0.264 e. The molecule has 0 unspecified atom stereocenters. The number of hydrazone groups is 1. The number of aryl methyl sites for hydroxylation is 1. The largest absolute Gasteiger partial charge is 0.508 e. The average Bonchev–Trinajstić information content (AvgIpc) is 2.82. The molecule has 10 heteroatoms. The Morgan fingerprint density at radius 2 is 1.69 bits per heavy atom. The second-order valence-corrected chi connectivity index (χ2v) is 9.55. The van der Waals surface area contributed by atoms with Gasteiger partial charge in [0.05, 0.1) is 22.9 Å². The van der Waals surface area contributed by atoms with Crippen LogP contribution in [-0.2, 0) is 14.8 Å². The number of anilines is 1. The Morgan fingerprint density at radius 3 is 2.29 bits per heavy atom. The van der Waals surface area contributed by atoms with Crippen LogP contribution < -0.4 is 14.5 Å². The van der Waals surface area contributed by atoms with Crippen LogP contribution in [0.1, 0.15) is 25.0 Å². The third-order valence-electron chi connectivity index (χ3n) is 5.05. The zero-order chi connectivity index (χ0) is 25.6. The molecule has 0 aliphatic rings. The standard InChI is InChI=1S/C25H27N3O6S/c1-4-34-21-10-12-22(13-11-21)35(32,33)28(19-7-5-17(2)6-8-19)16-25(31)27-26-18(3)23-14-9-20(29)15-24(23)30/h5-15,29-30H,4,16H2,1-3H3,(H,27,31)/b26-18+. The van der Waals surface area contributed by atoms with Gasteiger partial charge in [-0.3, -0.25) is 9.10 Å². The highest BCUT2D eigenvalue weighted by molar-refractivity contribution is 7.92. The van der Waals surface area contributed by atoms with Crippen LogP contribution in [0.15, 0.2) is 76.7 Å². The van der Waals surface area contributed by atoms with Gasteiger partial charge in [-0.05, 0) is 69.3 Å². The lowest BCUT2D eigenvalue weighted by Gasteiger charge is -2.24. The number of amides is 1. The number of carbonyl (C=O) groups excluding carboxylic acids is 1. The fourth-order valence-electron chi connectivity index (χ4n) is 3.23. The Balaban J connectivity index is 1.87. The Labute approximate surface area is 204 Å². The van der Waals surface area contributed by atoms with Crippen molar-refractivity contribution >= 4 is 27.3 Å². The first kappa shape index (κ1) is 25.6. The van der Waals surface area contributed by atoms with E-state index in [9.17, 15) is 23.4 Å². The van der Waals surface area contributed by atoms with Crippen molar-refractivity contribution < 1.29 is 28.2 Å². The van der Waals surface area contributed by atoms with Crippen molar-refractivity contribution in [1.82, 2.24) is 5.43 Å². The van der Waals surface area contributed by atoms with Crippen molar-refractivity contribution in [2.24, 2.45) is 5.10 Å². The quantitative estimate of drug-likeness (QED) is 0.306. The van der Waals surface area contributed by atoms with Crippen LogP contribution >= 0.6 is 0 Å². The molecule has 3 aromatic rings. The van der Waals surface area contributed by atoms with Crippen molar-refractivity contribution in [3.8, 4) is 17.2 Å². The highest BCUT2D eigenvalue weighted by atomic mass is 32.2. The molecule has 0 bridgehead atoms. The van der Waals surface area contributed by atoms with Crippen LogP contribution in [-0.4, -0.2) is 43.4 Å². The highest BCUT2D eigenvalue weighted by Crippen LogP contribution is 2.26. The Kier molecular flexibility index (Phi) is 7.98. The molecular weight excluding hydrogens is 470 g/mol. The predicted molar refractivity (Wildman–Crippen MR) is 133 cm³/mol. The topological polar surface area (TPSA) is 129 Å². The SMILES string of the molecule is CCOc1ccc(S(=O)(=O)N(CC(=O)N/N=C(\C)c2ccc(O)cc2O)c2ccc(C)cc2)cc1. The van der Waals surface area contributed by atoms with Gasteiger partial charge in [-0.15, -0.1) is 0 Å². The molecule has 3 N–H and O–H groups in total. The number of phenols is 2. The van der Waals surface area contributed by atoms with E-state index in [1.165, 1.54) is 24.3 Å². The fourth-order valence-corrected chi connectivity index (χ4v) is 4.65. The van der Waals surface area contributed by atoms with Crippen LogP contribution in [0.5, 0.6) is 17.2 Å². The number of aromatic hydroxyl groups is 2. The van der Waals surface area contributed by atoms with E-state index in [1.54, 1.807) is 43.3 Å². The molecule has 0 spiro atoms. The van der Waals surface area contributed by atoms with E-state index >= 15 is 0 Å². The maximum Gasteiger partial charge on any atom is 0.264 e. The highest BCUT2D eigenvalue weighted by Gasteiger charge is 2.27. The fraction of sp³-hybridized carbons (Fsp3) is 0.200. The summed E-state index contributed by atoms with van der Waals surface area (Å²) in [6, 6.07) is 16.7. The van der Waals surface area contributed by atoms with Crippen molar-refractivity contribution in [3.63, 3.8) is 0 Å². The molecular formula is C25H27N3O6S. The summed E-state index contributed by atoms with van der Waals surface area (Å²) in [6.45, 7) is 5.18. The van der Waals surface area contributed by atoms with E-state index in [0.29, 0.717) is 23.6 Å².